The van der Waals surface area contributed by atoms with Crippen molar-refractivity contribution >= 4 is 28.3 Å². The summed E-state index contributed by atoms with van der Waals surface area (Å²) in [6.07, 6.45) is 3.27. The van der Waals surface area contributed by atoms with Gasteiger partial charge in [0.25, 0.3) is 0 Å². The second kappa shape index (κ2) is 7.95. The van der Waals surface area contributed by atoms with Crippen LogP contribution < -0.4 is 19.7 Å². The fourth-order valence-electron chi connectivity index (χ4n) is 3.84. The van der Waals surface area contributed by atoms with E-state index in [4.69, 9.17) is 9.47 Å². The summed E-state index contributed by atoms with van der Waals surface area (Å²) >= 11 is 0. The summed E-state index contributed by atoms with van der Waals surface area (Å²) in [7, 11) is 3.18. The Morgan fingerprint density at radius 2 is 1.90 bits per heavy atom. The van der Waals surface area contributed by atoms with Gasteiger partial charge < -0.3 is 19.7 Å². The Balaban J connectivity index is 1.62. The van der Waals surface area contributed by atoms with Crippen molar-refractivity contribution in [2.75, 3.05) is 31.0 Å². The van der Waals surface area contributed by atoms with Crippen LogP contribution in [0, 0.1) is 6.92 Å². The molecule has 1 N–H and O–H groups in total. The monoisotopic (exact) mass is 392 g/mol. The van der Waals surface area contributed by atoms with E-state index < -0.39 is 0 Å². The zero-order valence-corrected chi connectivity index (χ0v) is 16.8. The Morgan fingerprint density at radius 3 is 2.69 bits per heavy atom. The molecule has 1 amide bonds. The molecule has 1 aliphatic rings. The van der Waals surface area contributed by atoms with Crippen LogP contribution in [-0.2, 0) is 4.79 Å². The molecule has 7 nitrogen and oxygen atoms in total. The summed E-state index contributed by atoms with van der Waals surface area (Å²) < 4.78 is 10.7. The van der Waals surface area contributed by atoms with E-state index in [1.807, 2.05) is 37.3 Å². The molecule has 2 aromatic carbocycles. The van der Waals surface area contributed by atoms with Gasteiger partial charge in [-0.15, -0.1) is 0 Å². The number of aromatic nitrogens is 2. The molecule has 4 rings (SSSR count). The van der Waals surface area contributed by atoms with Gasteiger partial charge in [0.15, 0.2) is 11.5 Å². The number of nitrogens with one attached hydrogen (secondary N) is 1. The lowest BCUT2D eigenvalue weighted by Gasteiger charge is -2.26. The van der Waals surface area contributed by atoms with Gasteiger partial charge >= 0.3 is 0 Å². The number of ether oxygens (including phenoxy) is 2. The first-order valence-corrected chi connectivity index (χ1v) is 9.62. The fourth-order valence-corrected chi connectivity index (χ4v) is 3.84. The van der Waals surface area contributed by atoms with Crippen LogP contribution >= 0.6 is 0 Å². The van der Waals surface area contributed by atoms with Crippen LogP contribution in [0.2, 0.25) is 0 Å². The van der Waals surface area contributed by atoms with Crippen molar-refractivity contribution in [2.45, 2.75) is 25.8 Å². The van der Waals surface area contributed by atoms with E-state index in [2.05, 4.69) is 20.2 Å². The SMILES string of the molecule is COc1cc(C)c(NC(=O)[C@@H]2CCCN2c2ncnc3ccccc23)cc1OC. The average Bonchev–Trinajstić information content (AvgIpc) is 3.24. The van der Waals surface area contributed by atoms with Crippen molar-refractivity contribution in [1.29, 1.82) is 0 Å². The maximum atomic E-state index is 13.2. The molecule has 1 fully saturated rings. The molecule has 0 spiro atoms. The summed E-state index contributed by atoms with van der Waals surface area (Å²) in [4.78, 5) is 24.1. The molecule has 0 saturated carbocycles. The minimum absolute atomic E-state index is 0.0551. The molecule has 0 radical (unpaired) electrons. The summed E-state index contributed by atoms with van der Waals surface area (Å²) in [5, 5.41) is 4.02. The number of carbonyl (C=O) groups excluding carboxylic acids is 1. The number of aryl methyl sites for hydroxylation is 1. The van der Waals surface area contributed by atoms with E-state index in [-0.39, 0.29) is 11.9 Å². The van der Waals surface area contributed by atoms with Crippen LogP contribution in [0.5, 0.6) is 11.5 Å². The van der Waals surface area contributed by atoms with E-state index in [0.717, 1.165) is 41.7 Å². The van der Waals surface area contributed by atoms with E-state index >= 15 is 0 Å². The van der Waals surface area contributed by atoms with Gasteiger partial charge in [0.2, 0.25) is 5.91 Å². The number of fused-ring (bicyclic) bond motifs is 1. The standard InChI is InChI=1S/C22H24N4O3/c1-14-11-19(28-2)20(29-3)12-17(14)25-22(27)18-9-6-10-26(18)21-15-7-4-5-8-16(15)23-13-24-21/h4-5,7-8,11-13,18H,6,9-10H2,1-3H3,(H,25,27)/t18-/m0/s1. The molecular weight excluding hydrogens is 368 g/mol. The van der Waals surface area contributed by atoms with Crippen molar-refractivity contribution < 1.29 is 14.3 Å². The van der Waals surface area contributed by atoms with E-state index in [9.17, 15) is 4.79 Å². The number of hydrogen-bond acceptors (Lipinski definition) is 6. The van der Waals surface area contributed by atoms with Crippen molar-refractivity contribution in [2.24, 2.45) is 0 Å². The quantitative estimate of drug-likeness (QED) is 0.715. The normalized spacial score (nSPS) is 16.1. The molecule has 0 unspecified atom stereocenters. The third-order valence-electron chi connectivity index (χ3n) is 5.34. The highest BCUT2D eigenvalue weighted by molar-refractivity contribution is 6.00. The van der Waals surface area contributed by atoms with Crippen LogP contribution in [-0.4, -0.2) is 42.7 Å². The maximum Gasteiger partial charge on any atom is 0.247 e. The topological polar surface area (TPSA) is 76.6 Å². The van der Waals surface area contributed by atoms with Crippen molar-refractivity contribution in [3.05, 3.63) is 48.3 Å². The second-order valence-corrected chi connectivity index (χ2v) is 7.08. The van der Waals surface area contributed by atoms with Crippen LogP contribution in [0.25, 0.3) is 10.9 Å². The second-order valence-electron chi connectivity index (χ2n) is 7.08. The molecule has 7 heteroatoms. The smallest absolute Gasteiger partial charge is 0.247 e. The molecule has 29 heavy (non-hydrogen) atoms. The lowest BCUT2D eigenvalue weighted by Crippen LogP contribution is -2.40. The van der Waals surface area contributed by atoms with Gasteiger partial charge in [0.05, 0.1) is 19.7 Å². The highest BCUT2D eigenvalue weighted by Gasteiger charge is 2.33. The molecule has 0 aliphatic carbocycles. The first-order chi connectivity index (χ1) is 14.1. The minimum Gasteiger partial charge on any atom is -0.493 e. The maximum absolute atomic E-state index is 13.2. The zero-order chi connectivity index (χ0) is 20.4. The summed E-state index contributed by atoms with van der Waals surface area (Å²) in [5.41, 5.74) is 2.50. The molecular formula is C22H24N4O3. The summed E-state index contributed by atoms with van der Waals surface area (Å²) in [6.45, 7) is 2.71. The van der Waals surface area contributed by atoms with E-state index in [1.165, 1.54) is 0 Å². The Kier molecular flexibility index (Phi) is 5.20. The summed E-state index contributed by atoms with van der Waals surface area (Å²) in [5.74, 6) is 1.97. The fraction of sp³-hybridized carbons (Fsp3) is 0.318. The number of benzene rings is 2. The predicted octanol–water partition coefficient (Wildman–Crippen LogP) is 3.56. The average molecular weight is 392 g/mol. The first kappa shape index (κ1) is 19.0. The number of amides is 1. The molecule has 1 aromatic heterocycles. The zero-order valence-electron chi connectivity index (χ0n) is 16.8. The van der Waals surface area contributed by atoms with Gasteiger partial charge in [-0.2, -0.15) is 0 Å². The van der Waals surface area contributed by atoms with Gasteiger partial charge in [-0.05, 0) is 43.5 Å². The third kappa shape index (κ3) is 3.55. The molecule has 2 heterocycles. The molecule has 150 valence electrons. The third-order valence-corrected chi connectivity index (χ3v) is 5.34. The van der Waals surface area contributed by atoms with Crippen LogP contribution in [0.15, 0.2) is 42.7 Å². The highest BCUT2D eigenvalue weighted by atomic mass is 16.5. The van der Waals surface area contributed by atoms with Gasteiger partial charge in [0.1, 0.15) is 18.2 Å². The van der Waals surface area contributed by atoms with Gasteiger partial charge in [-0.3, -0.25) is 4.79 Å². The number of anilines is 2. The van der Waals surface area contributed by atoms with Crippen LogP contribution in [0.4, 0.5) is 11.5 Å². The highest BCUT2D eigenvalue weighted by Crippen LogP contribution is 2.34. The first-order valence-electron chi connectivity index (χ1n) is 9.62. The molecule has 0 bridgehead atoms. The Bertz CT molecular complexity index is 1050. The Morgan fingerprint density at radius 1 is 1.14 bits per heavy atom. The van der Waals surface area contributed by atoms with Gasteiger partial charge in [-0.25, -0.2) is 9.97 Å². The van der Waals surface area contributed by atoms with E-state index in [1.54, 1.807) is 26.6 Å². The van der Waals surface area contributed by atoms with Crippen molar-refractivity contribution in [3.8, 4) is 11.5 Å². The van der Waals surface area contributed by atoms with Crippen molar-refractivity contribution in [1.82, 2.24) is 9.97 Å². The van der Waals surface area contributed by atoms with Gasteiger partial charge in [-0.1, -0.05) is 12.1 Å². The number of para-hydroxylation sites is 1. The van der Waals surface area contributed by atoms with Crippen LogP contribution in [0.1, 0.15) is 18.4 Å². The predicted molar refractivity (Wildman–Crippen MR) is 113 cm³/mol. The molecule has 1 saturated heterocycles. The number of nitrogens with zero attached hydrogens (tertiary/aromatic N) is 3. The largest absolute Gasteiger partial charge is 0.493 e. The minimum atomic E-state index is -0.291. The number of methoxy groups -OCH3 is 2. The van der Waals surface area contributed by atoms with E-state index in [0.29, 0.717) is 17.2 Å². The molecule has 1 atom stereocenters. The number of hydrogen-bond donors (Lipinski definition) is 1. The summed E-state index contributed by atoms with van der Waals surface area (Å²) in [6, 6.07) is 11.2. The lowest BCUT2D eigenvalue weighted by atomic mass is 10.1. The lowest BCUT2D eigenvalue weighted by molar-refractivity contribution is -0.117. The Hall–Kier alpha value is -3.35. The van der Waals surface area contributed by atoms with Crippen LogP contribution in [0.3, 0.4) is 0 Å². The van der Waals surface area contributed by atoms with Gasteiger partial charge in [0, 0.05) is 23.7 Å². The molecule has 1 aliphatic heterocycles. The Labute approximate surface area is 169 Å². The number of rotatable bonds is 5. The number of carbonyl (C=O) groups is 1. The van der Waals surface area contributed by atoms with Crippen molar-refractivity contribution in [3.63, 3.8) is 0 Å². The molecule has 3 aromatic rings.